The van der Waals surface area contributed by atoms with Crippen molar-refractivity contribution in [1.82, 2.24) is 30.5 Å². The molecule has 0 bridgehead atoms. The number of nitrogens with one attached hydrogen (secondary N) is 2. The Morgan fingerprint density at radius 3 is 2.86 bits per heavy atom. The van der Waals surface area contributed by atoms with E-state index in [1.807, 2.05) is 6.92 Å². The minimum Gasteiger partial charge on any atom is -0.317 e. The Balaban J connectivity index is 0.00000176. The molecule has 22 heavy (non-hydrogen) atoms. The molecular weight excluding hydrogens is 326 g/mol. The fourth-order valence-electron chi connectivity index (χ4n) is 2.24. The molecule has 10 heteroatoms. The average Bonchev–Trinajstić information content (AvgIpc) is 3.17. The lowest BCUT2D eigenvalue weighted by Gasteiger charge is -2.21. The Morgan fingerprint density at radius 2 is 2.18 bits per heavy atom. The number of hydrogen-bond acceptors (Lipinski definition) is 7. The topological polar surface area (TPSA) is 97.6 Å². The third-order valence-electron chi connectivity index (χ3n) is 3.42. The zero-order valence-corrected chi connectivity index (χ0v) is 13.8. The van der Waals surface area contributed by atoms with Gasteiger partial charge in [-0.25, -0.2) is 4.68 Å². The molecule has 1 aliphatic rings. The van der Waals surface area contributed by atoms with E-state index >= 15 is 0 Å². The van der Waals surface area contributed by atoms with Gasteiger partial charge in [0.25, 0.3) is 5.91 Å². The summed E-state index contributed by atoms with van der Waals surface area (Å²) in [6.07, 6.45) is 4.51. The van der Waals surface area contributed by atoms with Crippen LogP contribution in [0.4, 0.5) is 5.13 Å². The van der Waals surface area contributed by atoms with E-state index in [2.05, 4.69) is 31.1 Å². The first-order valence-electron chi connectivity index (χ1n) is 7.02. The lowest BCUT2D eigenvalue weighted by molar-refractivity contribution is 0.102. The number of amides is 1. The number of halogens is 1. The number of aromatic nitrogens is 5. The summed E-state index contributed by atoms with van der Waals surface area (Å²) in [5.74, 6) is -0.297. The highest BCUT2D eigenvalue weighted by Gasteiger charge is 2.19. The van der Waals surface area contributed by atoms with E-state index in [4.69, 9.17) is 0 Å². The van der Waals surface area contributed by atoms with Crippen molar-refractivity contribution in [3.8, 4) is 0 Å². The summed E-state index contributed by atoms with van der Waals surface area (Å²) in [6.45, 7) is 3.93. The second-order valence-corrected chi connectivity index (χ2v) is 5.94. The summed E-state index contributed by atoms with van der Waals surface area (Å²) in [5, 5.41) is 23.3. The van der Waals surface area contributed by atoms with Gasteiger partial charge in [0.15, 0.2) is 5.69 Å². The van der Waals surface area contributed by atoms with Gasteiger partial charge in [-0.1, -0.05) is 23.5 Å². The Labute approximate surface area is 138 Å². The van der Waals surface area contributed by atoms with E-state index in [1.165, 1.54) is 11.3 Å². The predicted molar refractivity (Wildman–Crippen MR) is 85.7 cm³/mol. The van der Waals surface area contributed by atoms with Crippen LogP contribution in [0.2, 0.25) is 0 Å². The number of rotatable bonds is 4. The van der Waals surface area contributed by atoms with Crippen LogP contribution in [-0.2, 0) is 6.42 Å². The summed E-state index contributed by atoms with van der Waals surface area (Å²) in [4.78, 5) is 12.1. The molecule has 0 spiro atoms. The lowest BCUT2D eigenvalue weighted by atomic mass is 10.1. The predicted octanol–water partition coefficient (Wildman–Crippen LogP) is 1.29. The fraction of sp³-hybridized carbons (Fsp3) is 0.583. The molecule has 0 aliphatic carbocycles. The number of anilines is 1. The SMILES string of the molecule is CCc1nnc(NC(=O)c2cn(C3CCNCC3)nn2)s1.Cl. The van der Waals surface area contributed by atoms with Gasteiger partial charge in [-0.2, -0.15) is 0 Å². The first kappa shape index (κ1) is 16.8. The number of aryl methyl sites for hydroxylation is 1. The fourth-order valence-corrected chi connectivity index (χ4v) is 2.91. The maximum atomic E-state index is 12.1. The number of carbonyl (C=O) groups excluding carboxylic acids is 1. The molecule has 0 unspecified atom stereocenters. The summed E-state index contributed by atoms with van der Waals surface area (Å²) >= 11 is 1.37. The highest BCUT2D eigenvalue weighted by Crippen LogP contribution is 2.18. The summed E-state index contributed by atoms with van der Waals surface area (Å²) in [6, 6.07) is 0.313. The van der Waals surface area contributed by atoms with Crippen LogP contribution in [0.1, 0.15) is 41.3 Å². The quantitative estimate of drug-likeness (QED) is 0.868. The van der Waals surface area contributed by atoms with Crippen LogP contribution in [-0.4, -0.2) is 44.2 Å². The van der Waals surface area contributed by atoms with Crippen LogP contribution in [0.15, 0.2) is 6.20 Å². The maximum absolute atomic E-state index is 12.1. The Kier molecular flexibility index (Phi) is 5.81. The van der Waals surface area contributed by atoms with Crippen LogP contribution in [0.5, 0.6) is 0 Å². The third-order valence-corrected chi connectivity index (χ3v) is 4.40. The van der Waals surface area contributed by atoms with Gasteiger partial charge < -0.3 is 5.32 Å². The van der Waals surface area contributed by atoms with Crippen molar-refractivity contribution in [1.29, 1.82) is 0 Å². The molecule has 2 aromatic rings. The van der Waals surface area contributed by atoms with Crippen LogP contribution < -0.4 is 10.6 Å². The molecular formula is C12H18ClN7OS. The van der Waals surface area contributed by atoms with E-state index in [1.54, 1.807) is 10.9 Å². The Hall–Kier alpha value is -1.58. The molecule has 120 valence electrons. The van der Waals surface area contributed by atoms with Gasteiger partial charge >= 0.3 is 0 Å². The molecule has 3 heterocycles. The molecule has 0 radical (unpaired) electrons. The number of nitrogens with zero attached hydrogens (tertiary/aromatic N) is 5. The maximum Gasteiger partial charge on any atom is 0.279 e. The van der Waals surface area contributed by atoms with E-state index < -0.39 is 0 Å². The third kappa shape index (κ3) is 3.79. The molecule has 1 fully saturated rings. The van der Waals surface area contributed by atoms with Crippen LogP contribution in [0, 0.1) is 0 Å². The van der Waals surface area contributed by atoms with Crippen LogP contribution >= 0.6 is 23.7 Å². The van der Waals surface area contributed by atoms with Crippen molar-refractivity contribution in [3.63, 3.8) is 0 Å². The summed E-state index contributed by atoms with van der Waals surface area (Å²) < 4.78 is 1.79. The smallest absolute Gasteiger partial charge is 0.279 e. The minimum absolute atomic E-state index is 0. The molecule has 1 saturated heterocycles. The first-order valence-corrected chi connectivity index (χ1v) is 7.84. The zero-order valence-electron chi connectivity index (χ0n) is 12.2. The number of hydrogen-bond donors (Lipinski definition) is 2. The largest absolute Gasteiger partial charge is 0.317 e. The Bertz CT molecular complexity index is 623. The van der Waals surface area contributed by atoms with Crippen molar-refractivity contribution < 1.29 is 4.79 Å². The zero-order chi connectivity index (χ0) is 14.7. The van der Waals surface area contributed by atoms with Gasteiger partial charge in [-0.15, -0.1) is 27.7 Å². The highest BCUT2D eigenvalue weighted by molar-refractivity contribution is 7.15. The molecule has 1 amide bonds. The number of carbonyl (C=O) groups is 1. The summed E-state index contributed by atoms with van der Waals surface area (Å²) in [5.41, 5.74) is 0.307. The van der Waals surface area contributed by atoms with Crippen LogP contribution in [0.25, 0.3) is 0 Å². The highest BCUT2D eigenvalue weighted by atomic mass is 35.5. The molecule has 3 rings (SSSR count). The van der Waals surface area contributed by atoms with Crippen molar-refractivity contribution in [2.75, 3.05) is 18.4 Å². The normalized spacial score (nSPS) is 15.3. The van der Waals surface area contributed by atoms with Gasteiger partial charge in [-0.3, -0.25) is 10.1 Å². The Morgan fingerprint density at radius 1 is 1.41 bits per heavy atom. The van der Waals surface area contributed by atoms with E-state index in [0.717, 1.165) is 37.4 Å². The number of piperidine rings is 1. The molecule has 8 nitrogen and oxygen atoms in total. The molecule has 2 aromatic heterocycles. The lowest BCUT2D eigenvalue weighted by Crippen LogP contribution is -2.29. The van der Waals surface area contributed by atoms with Crippen molar-refractivity contribution >= 4 is 34.8 Å². The summed E-state index contributed by atoms with van der Waals surface area (Å²) in [7, 11) is 0. The molecule has 0 atom stereocenters. The van der Waals surface area contributed by atoms with Crippen LogP contribution in [0.3, 0.4) is 0 Å². The van der Waals surface area contributed by atoms with E-state index in [9.17, 15) is 4.79 Å². The van der Waals surface area contributed by atoms with Gasteiger partial charge in [0, 0.05) is 0 Å². The van der Waals surface area contributed by atoms with Gasteiger partial charge in [0.2, 0.25) is 5.13 Å². The standard InChI is InChI=1S/C12H17N7OS.ClH/c1-2-10-16-17-12(21-10)14-11(20)9-7-19(18-15-9)8-3-5-13-6-4-8;/h7-8,13H,2-6H2,1H3,(H,14,17,20);1H. The van der Waals surface area contributed by atoms with E-state index in [-0.39, 0.29) is 18.3 Å². The first-order chi connectivity index (χ1) is 10.3. The van der Waals surface area contributed by atoms with E-state index in [0.29, 0.717) is 16.9 Å². The van der Waals surface area contributed by atoms with Crippen molar-refractivity contribution in [2.45, 2.75) is 32.2 Å². The second kappa shape index (κ2) is 7.61. The molecule has 0 saturated carbocycles. The molecule has 2 N–H and O–H groups in total. The second-order valence-electron chi connectivity index (χ2n) is 4.87. The van der Waals surface area contributed by atoms with Crippen molar-refractivity contribution in [3.05, 3.63) is 16.9 Å². The van der Waals surface area contributed by atoms with Gasteiger partial charge in [0.1, 0.15) is 5.01 Å². The monoisotopic (exact) mass is 343 g/mol. The molecule has 1 aliphatic heterocycles. The van der Waals surface area contributed by atoms with Gasteiger partial charge in [-0.05, 0) is 32.4 Å². The van der Waals surface area contributed by atoms with Crippen molar-refractivity contribution in [2.24, 2.45) is 0 Å². The van der Waals surface area contributed by atoms with Gasteiger partial charge in [0.05, 0.1) is 12.2 Å². The average molecular weight is 344 g/mol. The molecule has 0 aromatic carbocycles. The minimum atomic E-state index is -0.297.